The number of anilines is 1. The number of aromatic amines is 1. The van der Waals surface area contributed by atoms with Crippen molar-refractivity contribution in [1.82, 2.24) is 20.3 Å². The van der Waals surface area contributed by atoms with E-state index in [0.29, 0.717) is 31.3 Å². The van der Waals surface area contributed by atoms with Gasteiger partial charge in [-0.25, -0.2) is 9.97 Å². The van der Waals surface area contributed by atoms with Gasteiger partial charge in [0, 0.05) is 47.5 Å². The van der Waals surface area contributed by atoms with Gasteiger partial charge in [0.15, 0.2) is 0 Å². The lowest BCUT2D eigenvalue weighted by atomic mass is 10.1. The fourth-order valence-corrected chi connectivity index (χ4v) is 3.01. The highest BCUT2D eigenvalue weighted by Gasteiger charge is 2.09. The molecular formula is C21H26N6O2. The van der Waals surface area contributed by atoms with E-state index in [-0.39, 0.29) is 5.91 Å². The van der Waals surface area contributed by atoms with E-state index in [4.69, 9.17) is 4.74 Å². The molecule has 3 N–H and O–H groups in total. The summed E-state index contributed by atoms with van der Waals surface area (Å²) < 4.78 is 5.26. The maximum absolute atomic E-state index is 11.9. The third-order valence-corrected chi connectivity index (χ3v) is 4.42. The standard InChI is InChI=1S/C21H26N6O2/c1-5-19(28)26-20(27-21-24-13(2)10-14(3)25-21)22-9-8-15-12-23-18-11-16(29-4)6-7-17(15)18/h6-7,10-12,23H,5,8-9H2,1-4H3,(H2,22,24,25,26,27,28). The molecule has 0 bridgehead atoms. The van der Waals surface area contributed by atoms with Crippen LogP contribution >= 0.6 is 0 Å². The Morgan fingerprint density at radius 1 is 1.21 bits per heavy atom. The van der Waals surface area contributed by atoms with Crippen molar-refractivity contribution < 1.29 is 9.53 Å². The van der Waals surface area contributed by atoms with Gasteiger partial charge in [-0.3, -0.25) is 20.4 Å². The molecule has 0 spiro atoms. The fraction of sp³-hybridized carbons (Fsp3) is 0.333. The Labute approximate surface area is 169 Å². The number of carbonyl (C=O) groups excluding carboxylic acids is 1. The van der Waals surface area contributed by atoms with Gasteiger partial charge in [0.05, 0.1) is 7.11 Å². The molecule has 8 nitrogen and oxygen atoms in total. The number of amides is 1. The van der Waals surface area contributed by atoms with Gasteiger partial charge in [-0.2, -0.15) is 0 Å². The Kier molecular flexibility index (Phi) is 6.43. The zero-order valence-corrected chi connectivity index (χ0v) is 17.2. The number of carbonyl (C=O) groups is 1. The number of guanidine groups is 1. The number of rotatable bonds is 6. The SMILES string of the molecule is CCC(=O)NC(=NCCc1c[nH]c2cc(OC)ccc12)Nc1nc(C)cc(C)n1. The molecule has 2 heterocycles. The van der Waals surface area contributed by atoms with Crippen LogP contribution < -0.4 is 15.4 Å². The highest BCUT2D eigenvalue weighted by atomic mass is 16.5. The van der Waals surface area contributed by atoms with E-state index in [0.717, 1.165) is 33.6 Å². The normalized spacial score (nSPS) is 11.5. The van der Waals surface area contributed by atoms with E-state index in [1.54, 1.807) is 14.0 Å². The minimum Gasteiger partial charge on any atom is -0.497 e. The first-order valence-corrected chi connectivity index (χ1v) is 9.56. The highest BCUT2D eigenvalue weighted by molar-refractivity contribution is 6.03. The summed E-state index contributed by atoms with van der Waals surface area (Å²) in [6.45, 7) is 6.08. The Balaban J connectivity index is 1.74. The molecule has 0 aliphatic carbocycles. The lowest BCUT2D eigenvalue weighted by Gasteiger charge is -2.11. The van der Waals surface area contributed by atoms with Crippen LogP contribution in [0.5, 0.6) is 5.75 Å². The van der Waals surface area contributed by atoms with Crippen molar-refractivity contribution >= 4 is 28.7 Å². The summed E-state index contributed by atoms with van der Waals surface area (Å²) in [5, 5.41) is 6.94. The first kappa shape index (κ1) is 20.3. The van der Waals surface area contributed by atoms with Crippen LogP contribution in [0, 0.1) is 13.8 Å². The van der Waals surface area contributed by atoms with Crippen LogP contribution in [0.3, 0.4) is 0 Å². The minimum absolute atomic E-state index is 0.125. The van der Waals surface area contributed by atoms with Gasteiger partial charge < -0.3 is 9.72 Å². The second kappa shape index (κ2) is 9.18. The predicted octanol–water partition coefficient (Wildman–Crippen LogP) is 3.12. The maximum Gasteiger partial charge on any atom is 0.229 e. The van der Waals surface area contributed by atoms with E-state index in [2.05, 4.69) is 30.6 Å². The number of hydrogen-bond donors (Lipinski definition) is 3. The van der Waals surface area contributed by atoms with E-state index in [1.165, 1.54) is 0 Å². The van der Waals surface area contributed by atoms with Crippen molar-refractivity contribution in [3.8, 4) is 5.75 Å². The van der Waals surface area contributed by atoms with Gasteiger partial charge in [0.25, 0.3) is 0 Å². The summed E-state index contributed by atoms with van der Waals surface area (Å²) in [5.74, 6) is 1.45. The molecule has 0 unspecified atom stereocenters. The topological polar surface area (TPSA) is 104 Å². The Bertz CT molecular complexity index is 1020. The quantitative estimate of drug-likeness (QED) is 0.440. The smallest absolute Gasteiger partial charge is 0.229 e. The zero-order valence-electron chi connectivity index (χ0n) is 17.2. The summed E-state index contributed by atoms with van der Waals surface area (Å²) in [4.78, 5) is 28.4. The third-order valence-electron chi connectivity index (χ3n) is 4.42. The van der Waals surface area contributed by atoms with E-state index >= 15 is 0 Å². The lowest BCUT2D eigenvalue weighted by Crippen LogP contribution is -2.36. The lowest BCUT2D eigenvalue weighted by molar-refractivity contribution is -0.119. The average Bonchev–Trinajstić information content (AvgIpc) is 3.09. The maximum atomic E-state index is 11.9. The van der Waals surface area contributed by atoms with Gasteiger partial charge in [-0.05, 0) is 44.0 Å². The van der Waals surface area contributed by atoms with Crippen molar-refractivity contribution in [2.45, 2.75) is 33.6 Å². The Morgan fingerprint density at radius 2 is 1.97 bits per heavy atom. The monoisotopic (exact) mass is 394 g/mol. The van der Waals surface area contributed by atoms with Gasteiger partial charge in [-0.15, -0.1) is 0 Å². The molecule has 0 aliphatic heterocycles. The van der Waals surface area contributed by atoms with Crippen molar-refractivity contribution in [3.05, 3.63) is 47.4 Å². The molecule has 8 heteroatoms. The van der Waals surface area contributed by atoms with E-state index in [9.17, 15) is 4.79 Å². The van der Waals surface area contributed by atoms with Crippen molar-refractivity contribution in [3.63, 3.8) is 0 Å². The van der Waals surface area contributed by atoms with Crippen LogP contribution in [0.1, 0.15) is 30.3 Å². The first-order valence-electron chi connectivity index (χ1n) is 9.56. The minimum atomic E-state index is -0.125. The van der Waals surface area contributed by atoms with Crippen LogP contribution in [0.15, 0.2) is 35.5 Å². The first-order chi connectivity index (χ1) is 14.0. The Morgan fingerprint density at radius 3 is 2.66 bits per heavy atom. The summed E-state index contributed by atoms with van der Waals surface area (Å²) >= 11 is 0. The molecule has 0 atom stereocenters. The number of aliphatic imine (C=N–C) groups is 1. The molecule has 0 fully saturated rings. The number of hydrogen-bond acceptors (Lipinski definition) is 5. The van der Waals surface area contributed by atoms with E-state index in [1.807, 2.05) is 44.3 Å². The molecule has 29 heavy (non-hydrogen) atoms. The molecule has 3 aromatic rings. The average molecular weight is 394 g/mol. The summed E-state index contributed by atoms with van der Waals surface area (Å²) in [5.41, 5.74) is 3.85. The second-order valence-electron chi connectivity index (χ2n) is 6.71. The number of fused-ring (bicyclic) bond motifs is 1. The molecule has 152 valence electrons. The highest BCUT2D eigenvalue weighted by Crippen LogP contribution is 2.23. The number of H-pyrrole nitrogens is 1. The summed E-state index contributed by atoms with van der Waals surface area (Å²) in [7, 11) is 1.65. The zero-order chi connectivity index (χ0) is 20.8. The van der Waals surface area contributed by atoms with Gasteiger partial charge in [-0.1, -0.05) is 6.92 Å². The number of ether oxygens (including phenoxy) is 1. The number of methoxy groups -OCH3 is 1. The molecule has 2 aromatic heterocycles. The van der Waals surface area contributed by atoms with Crippen LogP contribution in [0.25, 0.3) is 10.9 Å². The van der Waals surface area contributed by atoms with Crippen LogP contribution in [0.2, 0.25) is 0 Å². The number of benzene rings is 1. The van der Waals surface area contributed by atoms with Crippen molar-refractivity contribution in [1.29, 1.82) is 0 Å². The van der Waals surface area contributed by atoms with Gasteiger partial charge in [0.2, 0.25) is 17.8 Å². The fourth-order valence-electron chi connectivity index (χ4n) is 3.01. The van der Waals surface area contributed by atoms with Crippen LogP contribution in [-0.2, 0) is 11.2 Å². The molecule has 0 saturated heterocycles. The number of nitrogens with one attached hydrogen (secondary N) is 3. The van der Waals surface area contributed by atoms with Crippen molar-refractivity contribution in [2.75, 3.05) is 19.0 Å². The van der Waals surface area contributed by atoms with E-state index < -0.39 is 0 Å². The summed E-state index contributed by atoms with van der Waals surface area (Å²) in [6.07, 6.45) is 3.05. The van der Waals surface area contributed by atoms with Gasteiger partial charge >= 0.3 is 0 Å². The summed E-state index contributed by atoms with van der Waals surface area (Å²) in [6, 6.07) is 7.83. The molecule has 0 aliphatic rings. The third kappa shape index (κ3) is 5.31. The van der Waals surface area contributed by atoms with Gasteiger partial charge in [0.1, 0.15) is 5.75 Å². The molecule has 1 aromatic carbocycles. The van der Waals surface area contributed by atoms with Crippen LogP contribution in [0.4, 0.5) is 5.95 Å². The number of aryl methyl sites for hydroxylation is 2. The molecule has 0 radical (unpaired) electrons. The Hall–Kier alpha value is -3.42. The number of nitrogens with zero attached hydrogens (tertiary/aromatic N) is 3. The van der Waals surface area contributed by atoms with Crippen molar-refractivity contribution in [2.24, 2.45) is 4.99 Å². The molecule has 0 saturated carbocycles. The predicted molar refractivity (Wildman–Crippen MR) is 114 cm³/mol. The molecule has 3 rings (SSSR count). The second-order valence-corrected chi connectivity index (χ2v) is 6.71. The van der Waals surface area contributed by atoms with Crippen LogP contribution in [-0.4, -0.2) is 40.5 Å². The largest absolute Gasteiger partial charge is 0.497 e. The molecule has 1 amide bonds. The number of aromatic nitrogens is 3. The molecular weight excluding hydrogens is 368 g/mol.